The highest BCUT2D eigenvalue weighted by Crippen LogP contribution is 2.19. The Balaban J connectivity index is 2.28. The maximum absolute atomic E-state index is 11.7. The van der Waals surface area contributed by atoms with Gasteiger partial charge in [-0.3, -0.25) is 24.3 Å². The van der Waals surface area contributed by atoms with E-state index in [1.54, 1.807) is 0 Å². The Morgan fingerprint density at radius 2 is 1.54 bits per heavy atom. The maximum Gasteiger partial charge on any atom is 0.231 e. The highest BCUT2D eigenvalue weighted by Gasteiger charge is 2.24. The average molecular weight is 504 g/mol. The topological polar surface area (TPSA) is 140 Å². The fraction of sp³-hybridized carbons (Fsp3) is 0.583. The van der Waals surface area contributed by atoms with Gasteiger partial charge >= 0.3 is 0 Å². The van der Waals surface area contributed by atoms with E-state index in [2.05, 4.69) is 22.1 Å². The number of nitriles is 1. The molecule has 0 spiro atoms. The molecule has 35 heavy (non-hydrogen) atoms. The van der Waals surface area contributed by atoms with Crippen LogP contribution in [0.4, 0.5) is 0 Å². The Bertz CT molecular complexity index is 862. The first kappa shape index (κ1) is 28.7. The first-order valence-electron chi connectivity index (χ1n) is 11.9. The van der Waals surface area contributed by atoms with Gasteiger partial charge in [-0.1, -0.05) is 19.1 Å². The summed E-state index contributed by atoms with van der Waals surface area (Å²) in [6.45, 7) is 8.02. The standard InChI is InChI=1S/C24H37N7O3S/c1-2-28-7-8-29(17-23(26)33)9-10-30(18-24(27)34)11-12-31(13-14-32)21(16-28)15-20-3-5-22(6-4-20)35-19-25/h3-6,14,21H,2,7-13,15-18H2,1H3,(H2,26,33)(H2,27,34). The monoisotopic (exact) mass is 503 g/mol. The first-order valence-corrected chi connectivity index (χ1v) is 12.7. The van der Waals surface area contributed by atoms with Crippen molar-refractivity contribution in [2.75, 3.05) is 72.0 Å². The summed E-state index contributed by atoms with van der Waals surface area (Å²) in [6.07, 6.45) is 1.66. The normalized spacial score (nSPS) is 19.8. The van der Waals surface area contributed by atoms with Gasteiger partial charge in [-0.15, -0.1) is 0 Å². The lowest BCUT2D eigenvalue weighted by molar-refractivity contribution is -0.121. The minimum absolute atomic E-state index is 0.0639. The van der Waals surface area contributed by atoms with E-state index in [0.29, 0.717) is 39.3 Å². The van der Waals surface area contributed by atoms with Crippen molar-refractivity contribution < 1.29 is 14.4 Å². The van der Waals surface area contributed by atoms with Gasteiger partial charge in [-0.25, -0.2) is 0 Å². The van der Waals surface area contributed by atoms with Crippen molar-refractivity contribution in [1.82, 2.24) is 19.6 Å². The van der Waals surface area contributed by atoms with Crippen LogP contribution in [0.5, 0.6) is 0 Å². The molecule has 192 valence electrons. The van der Waals surface area contributed by atoms with E-state index in [0.717, 1.165) is 54.6 Å². The number of hydrogen-bond acceptors (Lipinski definition) is 9. The van der Waals surface area contributed by atoms with Gasteiger partial charge in [0.25, 0.3) is 0 Å². The molecule has 4 N–H and O–H groups in total. The second-order valence-electron chi connectivity index (χ2n) is 8.74. The maximum atomic E-state index is 11.7. The van der Waals surface area contributed by atoms with Crippen LogP contribution in [-0.2, 0) is 20.8 Å². The zero-order valence-electron chi connectivity index (χ0n) is 20.5. The zero-order valence-corrected chi connectivity index (χ0v) is 21.3. The molecule has 1 aliphatic heterocycles. The van der Waals surface area contributed by atoms with Gasteiger partial charge in [0.2, 0.25) is 11.8 Å². The Kier molecular flexibility index (Phi) is 12.7. The molecule has 11 heteroatoms. The van der Waals surface area contributed by atoms with E-state index in [4.69, 9.17) is 16.7 Å². The van der Waals surface area contributed by atoms with Crippen molar-refractivity contribution in [3.63, 3.8) is 0 Å². The van der Waals surface area contributed by atoms with Crippen molar-refractivity contribution in [1.29, 1.82) is 5.26 Å². The molecule has 0 saturated carbocycles. The lowest BCUT2D eigenvalue weighted by Gasteiger charge is -2.37. The van der Waals surface area contributed by atoms with Gasteiger partial charge in [0, 0.05) is 56.8 Å². The van der Waals surface area contributed by atoms with Crippen molar-refractivity contribution in [3.8, 4) is 5.40 Å². The van der Waals surface area contributed by atoms with Crippen molar-refractivity contribution in [2.24, 2.45) is 11.5 Å². The molecule has 0 aliphatic carbocycles. The smallest absolute Gasteiger partial charge is 0.231 e. The van der Waals surface area contributed by atoms with Crippen molar-refractivity contribution in [2.45, 2.75) is 24.3 Å². The molecule has 0 aromatic heterocycles. The second-order valence-corrected chi connectivity index (χ2v) is 9.59. The summed E-state index contributed by atoms with van der Waals surface area (Å²) in [5.41, 5.74) is 12.1. The third kappa shape index (κ3) is 10.8. The fourth-order valence-corrected chi connectivity index (χ4v) is 4.72. The summed E-state index contributed by atoms with van der Waals surface area (Å²) >= 11 is 1.13. The molecule has 0 bridgehead atoms. The van der Waals surface area contributed by atoms with Gasteiger partial charge in [0.05, 0.1) is 19.6 Å². The number of carbonyl (C=O) groups is 3. The predicted molar refractivity (Wildman–Crippen MR) is 136 cm³/mol. The number of nitrogens with two attached hydrogens (primary N) is 2. The molecule has 2 rings (SSSR count). The van der Waals surface area contributed by atoms with Crippen LogP contribution < -0.4 is 11.5 Å². The van der Waals surface area contributed by atoms with E-state index >= 15 is 0 Å². The highest BCUT2D eigenvalue weighted by molar-refractivity contribution is 8.03. The summed E-state index contributed by atoms with van der Waals surface area (Å²) in [5.74, 6) is -0.792. The molecule has 1 fully saturated rings. The molecule has 10 nitrogen and oxygen atoms in total. The number of aldehydes is 1. The fourth-order valence-electron chi connectivity index (χ4n) is 4.34. The first-order chi connectivity index (χ1) is 16.8. The van der Waals surface area contributed by atoms with Gasteiger partial charge in [-0.2, -0.15) is 5.26 Å². The summed E-state index contributed by atoms with van der Waals surface area (Å²) < 4.78 is 0. The quantitative estimate of drug-likeness (QED) is 0.247. The third-order valence-corrected chi connectivity index (χ3v) is 6.83. The van der Waals surface area contributed by atoms with Gasteiger partial charge in [-0.05, 0) is 42.4 Å². The Morgan fingerprint density at radius 3 is 2.03 bits per heavy atom. The average Bonchev–Trinajstić information content (AvgIpc) is 2.81. The number of nitrogens with zero attached hydrogens (tertiary/aromatic N) is 5. The number of thioether (sulfide) groups is 1. The Labute approximate surface area is 212 Å². The highest BCUT2D eigenvalue weighted by atomic mass is 32.2. The summed E-state index contributed by atoms with van der Waals surface area (Å²) in [4.78, 5) is 44.3. The molecule has 1 heterocycles. The van der Waals surface area contributed by atoms with Gasteiger partial charge in [0.15, 0.2) is 0 Å². The summed E-state index contributed by atoms with van der Waals surface area (Å²) in [7, 11) is 0. The molecular weight excluding hydrogens is 466 g/mol. The third-order valence-electron chi connectivity index (χ3n) is 6.23. The van der Waals surface area contributed by atoms with Crippen LogP contribution in [0.2, 0.25) is 0 Å². The number of primary amides is 2. The van der Waals surface area contributed by atoms with Crippen LogP contribution in [0, 0.1) is 10.7 Å². The predicted octanol–water partition coefficient (Wildman–Crippen LogP) is -0.418. The molecule has 1 atom stereocenters. The minimum Gasteiger partial charge on any atom is -0.369 e. The second kappa shape index (κ2) is 15.5. The van der Waals surface area contributed by atoms with Crippen LogP contribution >= 0.6 is 11.8 Å². The molecule has 1 aromatic rings. The molecule has 1 unspecified atom stereocenters. The van der Waals surface area contributed by atoms with Crippen LogP contribution in [0.3, 0.4) is 0 Å². The molecule has 1 saturated heterocycles. The number of rotatable bonds is 10. The number of likely N-dealkylation sites (N-methyl/N-ethyl adjacent to an activating group) is 1. The van der Waals surface area contributed by atoms with Crippen LogP contribution in [0.1, 0.15) is 12.5 Å². The van der Waals surface area contributed by atoms with Crippen molar-refractivity contribution >= 4 is 29.9 Å². The molecule has 1 aliphatic rings. The number of thiocyanates is 1. The van der Waals surface area contributed by atoms with Crippen LogP contribution in [0.15, 0.2) is 29.2 Å². The number of hydrogen-bond donors (Lipinski definition) is 2. The van der Waals surface area contributed by atoms with Gasteiger partial charge < -0.3 is 21.2 Å². The lowest BCUT2D eigenvalue weighted by atomic mass is 10.0. The molecular formula is C24H37N7O3S. The van der Waals surface area contributed by atoms with E-state index in [9.17, 15) is 14.4 Å². The van der Waals surface area contributed by atoms with E-state index in [-0.39, 0.29) is 25.0 Å². The number of carbonyl (C=O) groups excluding carboxylic acids is 3. The van der Waals surface area contributed by atoms with E-state index < -0.39 is 5.91 Å². The molecule has 2 amide bonds. The Morgan fingerprint density at radius 1 is 1.00 bits per heavy atom. The van der Waals surface area contributed by atoms with E-state index in [1.165, 1.54) is 0 Å². The Hall–Kier alpha value is -2.49. The summed E-state index contributed by atoms with van der Waals surface area (Å²) in [6, 6.07) is 8.00. The molecule has 1 aromatic carbocycles. The van der Waals surface area contributed by atoms with Crippen LogP contribution in [-0.4, -0.2) is 116 Å². The SMILES string of the molecule is CCN1CCN(CC(N)=O)CCN(CC(N)=O)CCN(CC=O)C(Cc2ccc(SC#N)cc2)C1. The number of benzene rings is 1. The molecule has 0 radical (unpaired) electrons. The number of amides is 2. The van der Waals surface area contributed by atoms with Gasteiger partial charge in [0.1, 0.15) is 11.7 Å². The largest absolute Gasteiger partial charge is 0.369 e. The van der Waals surface area contributed by atoms with E-state index in [1.807, 2.05) is 34.1 Å². The zero-order chi connectivity index (χ0) is 25.6. The minimum atomic E-state index is -0.412. The van der Waals surface area contributed by atoms with Crippen LogP contribution in [0.25, 0.3) is 0 Å². The summed E-state index contributed by atoms with van der Waals surface area (Å²) in [5, 5.41) is 11.0. The van der Waals surface area contributed by atoms with Crippen molar-refractivity contribution in [3.05, 3.63) is 29.8 Å². The lowest BCUT2D eigenvalue weighted by Crippen LogP contribution is -2.52.